The maximum Gasteiger partial charge on any atom is 0.335 e. The standard InChI is InChI=1S/C23H27N3O3.ClH/c24-15-19-4-2-1-3-17(19)5-8-20(23(29)11-13-25-14-12-23)16-26-21-9-6-18(7-10-21)22(27)28;/h1-4,6-7,9-10,20,25-26,29H,5,8,11-14,16H2,(H,27,28);1H. The number of benzene rings is 2. The first-order chi connectivity index (χ1) is 14.0. The van der Waals surface area contributed by atoms with Gasteiger partial charge in [0.15, 0.2) is 0 Å². The topological polar surface area (TPSA) is 105 Å². The minimum Gasteiger partial charge on any atom is -0.478 e. The molecule has 0 amide bonds. The van der Waals surface area contributed by atoms with Gasteiger partial charge in [0.25, 0.3) is 0 Å². The van der Waals surface area contributed by atoms with Crippen molar-refractivity contribution in [3.63, 3.8) is 0 Å². The molecule has 30 heavy (non-hydrogen) atoms. The number of piperidine rings is 1. The Bertz CT molecular complexity index is 874. The van der Waals surface area contributed by atoms with Crippen LogP contribution in [0, 0.1) is 17.2 Å². The third-order valence-corrected chi connectivity index (χ3v) is 5.81. The number of nitrogens with one attached hydrogen (secondary N) is 2. The maximum atomic E-state index is 11.3. The highest BCUT2D eigenvalue weighted by molar-refractivity contribution is 5.88. The van der Waals surface area contributed by atoms with Crippen LogP contribution in [0.4, 0.5) is 5.69 Å². The number of hydrogen-bond donors (Lipinski definition) is 4. The molecule has 1 aliphatic rings. The van der Waals surface area contributed by atoms with Gasteiger partial charge in [-0.25, -0.2) is 4.79 Å². The fourth-order valence-corrected chi connectivity index (χ4v) is 3.98. The second-order valence-electron chi connectivity index (χ2n) is 7.62. The van der Waals surface area contributed by atoms with E-state index in [0.29, 0.717) is 24.9 Å². The largest absolute Gasteiger partial charge is 0.478 e. The first kappa shape index (κ1) is 23.7. The highest BCUT2D eigenvalue weighted by atomic mass is 35.5. The van der Waals surface area contributed by atoms with Gasteiger partial charge in [0.05, 0.1) is 22.8 Å². The fourth-order valence-electron chi connectivity index (χ4n) is 3.98. The number of carbonyl (C=O) groups is 1. The summed E-state index contributed by atoms with van der Waals surface area (Å²) in [6.07, 6.45) is 2.87. The van der Waals surface area contributed by atoms with Crippen molar-refractivity contribution >= 4 is 24.1 Å². The Labute approximate surface area is 183 Å². The molecule has 1 fully saturated rings. The van der Waals surface area contributed by atoms with E-state index in [0.717, 1.165) is 37.2 Å². The van der Waals surface area contributed by atoms with Gasteiger partial charge in [-0.1, -0.05) is 18.2 Å². The molecule has 1 saturated heterocycles. The van der Waals surface area contributed by atoms with E-state index in [1.54, 1.807) is 24.3 Å². The summed E-state index contributed by atoms with van der Waals surface area (Å²) >= 11 is 0. The van der Waals surface area contributed by atoms with Crippen LogP contribution in [0.5, 0.6) is 0 Å². The molecular formula is C23H28ClN3O3. The number of hydrogen-bond acceptors (Lipinski definition) is 5. The van der Waals surface area contributed by atoms with Crippen molar-refractivity contribution in [3.8, 4) is 6.07 Å². The average molecular weight is 430 g/mol. The summed E-state index contributed by atoms with van der Waals surface area (Å²) < 4.78 is 0. The van der Waals surface area contributed by atoms with Crippen LogP contribution in [0.1, 0.15) is 40.7 Å². The molecule has 0 saturated carbocycles. The fraction of sp³-hybridized carbons (Fsp3) is 0.391. The molecule has 1 heterocycles. The molecule has 1 atom stereocenters. The SMILES string of the molecule is Cl.N#Cc1ccccc1CCC(CNc1ccc(C(=O)O)cc1)C1(O)CCNCC1. The highest BCUT2D eigenvalue weighted by Crippen LogP contribution is 2.31. The van der Waals surface area contributed by atoms with Crippen LogP contribution in [0.25, 0.3) is 0 Å². The molecule has 0 spiro atoms. The van der Waals surface area contributed by atoms with Crippen molar-refractivity contribution < 1.29 is 15.0 Å². The third-order valence-electron chi connectivity index (χ3n) is 5.81. The first-order valence-electron chi connectivity index (χ1n) is 10.0. The van der Waals surface area contributed by atoms with Gasteiger partial charge in [-0.3, -0.25) is 0 Å². The minimum absolute atomic E-state index is 0. The Morgan fingerprint density at radius 2 is 1.83 bits per heavy atom. The van der Waals surface area contributed by atoms with Crippen LogP contribution >= 0.6 is 12.4 Å². The van der Waals surface area contributed by atoms with E-state index >= 15 is 0 Å². The van der Waals surface area contributed by atoms with Crippen molar-refractivity contribution in [1.29, 1.82) is 5.26 Å². The molecule has 0 aromatic heterocycles. The monoisotopic (exact) mass is 429 g/mol. The normalized spacial score (nSPS) is 16.0. The Kier molecular flexibility index (Phi) is 8.67. The molecular weight excluding hydrogens is 402 g/mol. The van der Waals surface area contributed by atoms with Crippen molar-refractivity contribution in [1.82, 2.24) is 5.32 Å². The summed E-state index contributed by atoms with van der Waals surface area (Å²) in [5.74, 6) is -0.940. The van der Waals surface area contributed by atoms with Gasteiger partial charge in [0.1, 0.15) is 0 Å². The van der Waals surface area contributed by atoms with E-state index in [1.165, 1.54) is 0 Å². The molecule has 4 N–H and O–H groups in total. The molecule has 0 aliphatic carbocycles. The molecule has 1 aliphatic heterocycles. The van der Waals surface area contributed by atoms with Gasteiger partial charge in [-0.05, 0) is 74.7 Å². The molecule has 7 heteroatoms. The lowest BCUT2D eigenvalue weighted by Gasteiger charge is -2.40. The number of nitriles is 1. The van der Waals surface area contributed by atoms with E-state index in [4.69, 9.17) is 5.11 Å². The predicted molar refractivity (Wildman–Crippen MR) is 119 cm³/mol. The summed E-state index contributed by atoms with van der Waals surface area (Å²) in [6.45, 7) is 2.15. The van der Waals surface area contributed by atoms with Crippen LogP contribution in [0.15, 0.2) is 48.5 Å². The number of nitrogens with zero attached hydrogens (tertiary/aromatic N) is 1. The lowest BCUT2D eigenvalue weighted by Crippen LogP contribution is -2.49. The number of aliphatic hydroxyl groups is 1. The van der Waals surface area contributed by atoms with Gasteiger partial charge in [-0.15, -0.1) is 12.4 Å². The lowest BCUT2D eigenvalue weighted by atomic mass is 9.77. The van der Waals surface area contributed by atoms with Crippen molar-refractivity contribution in [3.05, 3.63) is 65.2 Å². The van der Waals surface area contributed by atoms with Crippen LogP contribution in [0.3, 0.4) is 0 Å². The Balaban J connectivity index is 0.00000320. The molecule has 3 rings (SSSR count). The smallest absolute Gasteiger partial charge is 0.335 e. The Morgan fingerprint density at radius 1 is 1.17 bits per heavy atom. The number of carboxylic acid groups (broad SMARTS) is 1. The first-order valence-corrected chi connectivity index (χ1v) is 10.0. The summed E-state index contributed by atoms with van der Waals surface area (Å²) in [4.78, 5) is 11.0. The lowest BCUT2D eigenvalue weighted by molar-refractivity contribution is -0.0418. The number of aromatic carboxylic acids is 1. The number of halogens is 1. The quantitative estimate of drug-likeness (QED) is 0.512. The van der Waals surface area contributed by atoms with Gasteiger partial charge in [0.2, 0.25) is 0 Å². The molecule has 160 valence electrons. The van der Waals surface area contributed by atoms with Crippen LogP contribution in [-0.4, -0.2) is 41.4 Å². The Morgan fingerprint density at radius 3 is 2.47 bits per heavy atom. The Hall–Kier alpha value is -2.59. The zero-order chi connectivity index (χ0) is 20.7. The third kappa shape index (κ3) is 5.96. The number of carboxylic acids is 1. The molecule has 2 aromatic rings. The maximum absolute atomic E-state index is 11.3. The summed E-state index contributed by atoms with van der Waals surface area (Å²) in [6, 6.07) is 16.5. The van der Waals surface area contributed by atoms with E-state index in [1.807, 2.05) is 24.3 Å². The zero-order valence-corrected chi connectivity index (χ0v) is 17.6. The van der Waals surface area contributed by atoms with Crippen LogP contribution < -0.4 is 10.6 Å². The van der Waals surface area contributed by atoms with Crippen molar-refractivity contribution in [2.75, 3.05) is 25.0 Å². The minimum atomic E-state index is -0.949. The number of anilines is 1. The molecule has 0 bridgehead atoms. The van der Waals surface area contributed by atoms with Crippen LogP contribution in [-0.2, 0) is 6.42 Å². The van der Waals surface area contributed by atoms with Crippen molar-refractivity contribution in [2.45, 2.75) is 31.3 Å². The second kappa shape index (κ2) is 11.0. The van der Waals surface area contributed by atoms with Gasteiger partial charge < -0.3 is 20.8 Å². The summed E-state index contributed by atoms with van der Waals surface area (Å²) in [7, 11) is 0. The zero-order valence-electron chi connectivity index (χ0n) is 16.8. The molecule has 6 nitrogen and oxygen atoms in total. The molecule has 0 radical (unpaired) electrons. The van der Waals surface area contributed by atoms with E-state index in [-0.39, 0.29) is 23.9 Å². The van der Waals surface area contributed by atoms with Gasteiger partial charge in [0, 0.05) is 18.2 Å². The number of aryl methyl sites for hydroxylation is 1. The van der Waals surface area contributed by atoms with E-state index < -0.39 is 11.6 Å². The summed E-state index contributed by atoms with van der Waals surface area (Å²) in [5.41, 5.74) is 2.00. The summed E-state index contributed by atoms with van der Waals surface area (Å²) in [5, 5.41) is 36.3. The van der Waals surface area contributed by atoms with Gasteiger partial charge in [-0.2, -0.15) is 5.26 Å². The average Bonchev–Trinajstić information content (AvgIpc) is 2.74. The molecule has 1 unspecified atom stereocenters. The van der Waals surface area contributed by atoms with Crippen molar-refractivity contribution in [2.24, 2.45) is 5.92 Å². The highest BCUT2D eigenvalue weighted by Gasteiger charge is 2.37. The number of rotatable bonds is 8. The second-order valence-corrected chi connectivity index (χ2v) is 7.62. The van der Waals surface area contributed by atoms with E-state index in [9.17, 15) is 15.2 Å². The van der Waals surface area contributed by atoms with Crippen LogP contribution in [0.2, 0.25) is 0 Å². The van der Waals surface area contributed by atoms with Gasteiger partial charge >= 0.3 is 5.97 Å². The predicted octanol–water partition coefficient (Wildman–Crippen LogP) is 3.45. The van der Waals surface area contributed by atoms with E-state index in [2.05, 4.69) is 16.7 Å². The molecule has 2 aromatic carbocycles.